The lowest BCUT2D eigenvalue weighted by molar-refractivity contribution is 0.317. The van der Waals surface area contributed by atoms with Crippen molar-refractivity contribution >= 4 is 5.82 Å². The Morgan fingerprint density at radius 3 is 2.65 bits per heavy atom. The van der Waals surface area contributed by atoms with Crippen molar-refractivity contribution in [1.29, 1.82) is 5.26 Å². The highest BCUT2D eigenvalue weighted by molar-refractivity contribution is 5.79. The van der Waals surface area contributed by atoms with E-state index in [-0.39, 0.29) is 0 Å². The Morgan fingerprint density at radius 2 is 2.00 bits per heavy atom. The van der Waals surface area contributed by atoms with Gasteiger partial charge in [0.15, 0.2) is 0 Å². The first-order valence-electron chi connectivity index (χ1n) is 9.62. The van der Waals surface area contributed by atoms with E-state index in [1.165, 1.54) is 18.4 Å². The number of benzene rings is 1. The van der Waals surface area contributed by atoms with Crippen LogP contribution in [-0.2, 0) is 12.8 Å². The molecule has 1 heterocycles. The first kappa shape index (κ1) is 18.3. The number of nitrogen functional groups attached to an aromatic ring is 1. The van der Waals surface area contributed by atoms with Gasteiger partial charge in [0, 0.05) is 11.3 Å². The Labute approximate surface area is 156 Å². The van der Waals surface area contributed by atoms with Crippen LogP contribution in [-0.4, -0.2) is 11.6 Å². The van der Waals surface area contributed by atoms with Crippen LogP contribution in [0.15, 0.2) is 24.3 Å². The minimum atomic E-state index is 0.349. The number of aryl methyl sites for hydroxylation is 1. The van der Waals surface area contributed by atoms with E-state index in [0.717, 1.165) is 48.3 Å². The van der Waals surface area contributed by atoms with Crippen LogP contribution in [0.25, 0.3) is 11.1 Å². The second kappa shape index (κ2) is 8.23. The number of nitrogens with two attached hydrogens (primary N) is 1. The van der Waals surface area contributed by atoms with Gasteiger partial charge in [-0.05, 0) is 54.9 Å². The van der Waals surface area contributed by atoms with Gasteiger partial charge in [-0.25, -0.2) is 4.98 Å². The van der Waals surface area contributed by atoms with Crippen LogP contribution in [0.3, 0.4) is 0 Å². The fourth-order valence-corrected chi connectivity index (χ4v) is 3.87. The van der Waals surface area contributed by atoms with Crippen LogP contribution in [0.1, 0.15) is 56.4 Å². The maximum absolute atomic E-state index is 9.71. The molecule has 1 aliphatic carbocycles. The molecule has 136 valence electrons. The van der Waals surface area contributed by atoms with E-state index in [1.54, 1.807) is 0 Å². The molecule has 1 aliphatic rings. The summed E-state index contributed by atoms with van der Waals surface area (Å²) in [6.07, 6.45) is 6.46. The first-order valence-corrected chi connectivity index (χ1v) is 9.62. The summed E-state index contributed by atoms with van der Waals surface area (Å²) in [5.41, 5.74) is 10.9. The van der Waals surface area contributed by atoms with Gasteiger partial charge in [0.2, 0.25) is 0 Å². The number of fused-ring (bicyclic) bond motifs is 1. The number of hydrogen-bond acceptors (Lipinski definition) is 4. The summed E-state index contributed by atoms with van der Waals surface area (Å²) in [4.78, 5) is 4.55. The summed E-state index contributed by atoms with van der Waals surface area (Å²) in [6, 6.07) is 10.3. The smallest absolute Gasteiger partial charge is 0.142 e. The highest BCUT2D eigenvalue weighted by Crippen LogP contribution is 2.38. The third kappa shape index (κ3) is 3.67. The van der Waals surface area contributed by atoms with E-state index >= 15 is 0 Å². The van der Waals surface area contributed by atoms with Crippen LogP contribution in [0, 0.1) is 17.2 Å². The molecule has 0 fully saturated rings. The van der Waals surface area contributed by atoms with Gasteiger partial charge in [0.1, 0.15) is 23.2 Å². The van der Waals surface area contributed by atoms with Gasteiger partial charge in [0.25, 0.3) is 0 Å². The molecule has 0 spiro atoms. The Bertz CT molecular complexity index is 806. The van der Waals surface area contributed by atoms with E-state index in [1.807, 2.05) is 24.3 Å². The average molecular weight is 349 g/mol. The Kier molecular flexibility index (Phi) is 5.78. The lowest BCUT2D eigenvalue weighted by Gasteiger charge is -2.27. The van der Waals surface area contributed by atoms with Crippen LogP contribution >= 0.6 is 0 Å². The van der Waals surface area contributed by atoms with Crippen molar-refractivity contribution in [2.75, 3.05) is 12.3 Å². The maximum atomic E-state index is 9.71. The maximum Gasteiger partial charge on any atom is 0.142 e. The molecule has 26 heavy (non-hydrogen) atoms. The molecule has 0 saturated carbocycles. The molecular weight excluding hydrogens is 322 g/mol. The zero-order valence-electron chi connectivity index (χ0n) is 15.7. The van der Waals surface area contributed by atoms with Gasteiger partial charge in [0.05, 0.1) is 6.61 Å². The highest BCUT2D eigenvalue weighted by atomic mass is 16.5. The van der Waals surface area contributed by atoms with Crippen LogP contribution < -0.4 is 10.5 Å². The van der Waals surface area contributed by atoms with Crippen LogP contribution in [0.4, 0.5) is 5.82 Å². The monoisotopic (exact) mass is 349 g/mol. The van der Waals surface area contributed by atoms with Crippen molar-refractivity contribution in [2.45, 2.75) is 52.4 Å². The lowest BCUT2D eigenvalue weighted by Crippen LogP contribution is -2.18. The van der Waals surface area contributed by atoms with E-state index in [9.17, 15) is 5.26 Å². The molecule has 3 rings (SSSR count). The van der Waals surface area contributed by atoms with Crippen molar-refractivity contribution in [1.82, 2.24) is 4.98 Å². The van der Waals surface area contributed by atoms with E-state index < -0.39 is 0 Å². The SMILES string of the molecule is CCCOc1ccc(-c2c(C#N)c(N)nc3c2CC(CCC)CC3)cc1. The summed E-state index contributed by atoms with van der Waals surface area (Å²) in [7, 11) is 0. The Morgan fingerprint density at radius 1 is 1.23 bits per heavy atom. The molecule has 4 nitrogen and oxygen atoms in total. The summed E-state index contributed by atoms with van der Waals surface area (Å²) in [6.45, 7) is 5.03. The summed E-state index contributed by atoms with van der Waals surface area (Å²) in [5, 5.41) is 9.71. The van der Waals surface area contributed by atoms with E-state index in [2.05, 4.69) is 24.9 Å². The molecule has 1 atom stereocenters. The molecule has 1 aromatic carbocycles. The molecule has 1 unspecified atom stereocenters. The summed E-state index contributed by atoms with van der Waals surface area (Å²) >= 11 is 0. The van der Waals surface area contributed by atoms with Gasteiger partial charge in [-0.3, -0.25) is 0 Å². The predicted molar refractivity (Wildman–Crippen MR) is 105 cm³/mol. The van der Waals surface area contributed by atoms with Gasteiger partial charge in [-0.15, -0.1) is 0 Å². The molecular formula is C22H27N3O. The molecule has 1 aromatic heterocycles. The number of nitriles is 1. The van der Waals surface area contributed by atoms with Crippen LogP contribution in [0.2, 0.25) is 0 Å². The minimum absolute atomic E-state index is 0.349. The third-order valence-corrected chi connectivity index (χ3v) is 5.12. The number of nitrogens with zero attached hydrogens (tertiary/aromatic N) is 2. The highest BCUT2D eigenvalue weighted by Gasteiger charge is 2.26. The van der Waals surface area contributed by atoms with Gasteiger partial charge in [-0.2, -0.15) is 5.26 Å². The Balaban J connectivity index is 2.05. The molecule has 0 bridgehead atoms. The van der Waals surface area contributed by atoms with Gasteiger partial charge >= 0.3 is 0 Å². The number of rotatable bonds is 6. The molecule has 0 aliphatic heterocycles. The quantitative estimate of drug-likeness (QED) is 0.805. The zero-order chi connectivity index (χ0) is 18.5. The van der Waals surface area contributed by atoms with E-state index in [0.29, 0.717) is 23.9 Å². The van der Waals surface area contributed by atoms with Crippen molar-refractivity contribution in [3.63, 3.8) is 0 Å². The van der Waals surface area contributed by atoms with E-state index in [4.69, 9.17) is 10.5 Å². The number of aromatic nitrogens is 1. The largest absolute Gasteiger partial charge is 0.494 e. The molecule has 0 radical (unpaired) electrons. The van der Waals surface area contributed by atoms with Crippen molar-refractivity contribution in [3.05, 3.63) is 41.1 Å². The molecule has 0 saturated heterocycles. The van der Waals surface area contributed by atoms with Crippen molar-refractivity contribution < 1.29 is 4.74 Å². The number of ether oxygens (including phenoxy) is 1. The second-order valence-corrected chi connectivity index (χ2v) is 7.05. The third-order valence-electron chi connectivity index (χ3n) is 5.12. The summed E-state index contributed by atoms with van der Waals surface area (Å²) < 4.78 is 5.69. The molecule has 0 amide bonds. The molecule has 2 N–H and O–H groups in total. The normalized spacial score (nSPS) is 16.0. The lowest BCUT2D eigenvalue weighted by atomic mass is 9.79. The second-order valence-electron chi connectivity index (χ2n) is 7.05. The summed E-state index contributed by atoms with van der Waals surface area (Å²) in [5.74, 6) is 1.87. The molecule has 4 heteroatoms. The Hall–Kier alpha value is -2.54. The predicted octanol–water partition coefficient (Wildman–Crippen LogP) is 4.90. The fraction of sp³-hybridized carbons (Fsp3) is 0.455. The van der Waals surface area contributed by atoms with Crippen molar-refractivity contribution in [2.24, 2.45) is 5.92 Å². The number of anilines is 1. The first-order chi connectivity index (χ1) is 12.7. The topological polar surface area (TPSA) is 71.9 Å². The van der Waals surface area contributed by atoms with Crippen LogP contribution in [0.5, 0.6) is 5.75 Å². The fourth-order valence-electron chi connectivity index (χ4n) is 3.87. The minimum Gasteiger partial charge on any atom is -0.494 e. The standard InChI is InChI=1S/C22H27N3O/c1-3-5-15-6-11-20-18(13-15)21(19(14-23)22(24)25-20)16-7-9-17(10-8-16)26-12-4-2/h7-10,15H,3-6,11-13H2,1-2H3,(H2,24,25). The van der Waals surface area contributed by atoms with Gasteiger partial charge in [-0.1, -0.05) is 38.8 Å². The van der Waals surface area contributed by atoms with Gasteiger partial charge < -0.3 is 10.5 Å². The number of hydrogen-bond donors (Lipinski definition) is 1. The number of pyridine rings is 1. The average Bonchev–Trinajstić information content (AvgIpc) is 2.66. The molecule has 2 aromatic rings. The van der Waals surface area contributed by atoms with Crippen molar-refractivity contribution in [3.8, 4) is 22.9 Å². The zero-order valence-corrected chi connectivity index (χ0v) is 15.7.